The van der Waals surface area contributed by atoms with Crippen molar-refractivity contribution in [2.45, 2.75) is 13.5 Å². The van der Waals surface area contributed by atoms with Gasteiger partial charge in [0.25, 0.3) is 5.91 Å². The molecule has 1 amide bonds. The zero-order valence-electron chi connectivity index (χ0n) is 14.3. The van der Waals surface area contributed by atoms with Crippen molar-refractivity contribution in [1.29, 1.82) is 0 Å². The first-order chi connectivity index (χ1) is 12.1. The molecule has 0 unspecified atom stereocenters. The van der Waals surface area contributed by atoms with Gasteiger partial charge in [-0.3, -0.25) is 9.59 Å². The SMILES string of the molecule is CCN(Cc1ccc(OC)cc1)C(=O)c1cc(=O)[nH]c2ccccc12. The number of ether oxygens (including phenoxy) is 1. The molecular weight excluding hydrogens is 316 g/mol. The van der Waals surface area contributed by atoms with Gasteiger partial charge in [0.05, 0.1) is 12.7 Å². The number of methoxy groups -OCH3 is 1. The molecule has 1 N–H and O–H groups in total. The second-order valence-electron chi connectivity index (χ2n) is 5.76. The fourth-order valence-electron chi connectivity index (χ4n) is 2.83. The largest absolute Gasteiger partial charge is 0.497 e. The van der Waals surface area contributed by atoms with Gasteiger partial charge in [0.1, 0.15) is 5.75 Å². The predicted molar refractivity (Wildman–Crippen MR) is 98.0 cm³/mol. The molecule has 25 heavy (non-hydrogen) atoms. The molecule has 0 fully saturated rings. The number of para-hydroxylation sites is 1. The van der Waals surface area contributed by atoms with Gasteiger partial charge in [0.2, 0.25) is 5.56 Å². The third-order valence-corrected chi connectivity index (χ3v) is 4.18. The maximum atomic E-state index is 13.0. The van der Waals surface area contributed by atoms with Crippen LogP contribution in [0.4, 0.5) is 0 Å². The quantitative estimate of drug-likeness (QED) is 0.778. The number of aromatic nitrogens is 1. The molecule has 0 aliphatic rings. The smallest absolute Gasteiger partial charge is 0.255 e. The number of nitrogens with one attached hydrogen (secondary N) is 1. The Morgan fingerprint density at radius 3 is 2.52 bits per heavy atom. The van der Waals surface area contributed by atoms with Crippen LogP contribution in [0.15, 0.2) is 59.4 Å². The molecule has 0 bridgehead atoms. The van der Waals surface area contributed by atoms with Crippen molar-refractivity contribution in [2.24, 2.45) is 0 Å². The van der Waals surface area contributed by atoms with Gasteiger partial charge >= 0.3 is 0 Å². The third kappa shape index (κ3) is 3.55. The van der Waals surface area contributed by atoms with Crippen LogP contribution in [-0.4, -0.2) is 29.4 Å². The molecule has 2 aromatic carbocycles. The summed E-state index contributed by atoms with van der Waals surface area (Å²) in [6.45, 7) is 2.95. The lowest BCUT2D eigenvalue weighted by Gasteiger charge is -2.22. The van der Waals surface area contributed by atoms with Crippen LogP contribution >= 0.6 is 0 Å². The fraction of sp³-hybridized carbons (Fsp3) is 0.200. The number of carbonyl (C=O) groups excluding carboxylic acids is 1. The van der Waals surface area contributed by atoms with Gasteiger partial charge < -0.3 is 14.6 Å². The van der Waals surface area contributed by atoms with Gasteiger partial charge in [0, 0.05) is 30.1 Å². The Bertz CT molecular complexity index is 945. The Balaban J connectivity index is 1.93. The highest BCUT2D eigenvalue weighted by atomic mass is 16.5. The van der Waals surface area contributed by atoms with E-state index in [0.29, 0.717) is 24.2 Å². The molecule has 0 aliphatic carbocycles. The first kappa shape index (κ1) is 16.8. The zero-order chi connectivity index (χ0) is 17.8. The van der Waals surface area contributed by atoms with Gasteiger partial charge in [-0.2, -0.15) is 0 Å². The molecule has 128 valence electrons. The maximum Gasteiger partial charge on any atom is 0.255 e. The fourth-order valence-corrected chi connectivity index (χ4v) is 2.83. The normalized spacial score (nSPS) is 10.6. The number of pyridine rings is 1. The lowest BCUT2D eigenvalue weighted by molar-refractivity contribution is 0.0754. The average Bonchev–Trinajstić information content (AvgIpc) is 2.65. The standard InChI is InChI=1S/C20H20N2O3/c1-3-22(13-14-8-10-15(25-2)11-9-14)20(24)17-12-19(23)21-18-7-5-4-6-16(17)18/h4-12H,3,13H2,1-2H3,(H,21,23). The first-order valence-corrected chi connectivity index (χ1v) is 8.16. The number of rotatable bonds is 5. The topological polar surface area (TPSA) is 62.4 Å². The number of benzene rings is 2. The van der Waals surface area contributed by atoms with Crippen LogP contribution in [0, 0.1) is 0 Å². The van der Waals surface area contributed by atoms with E-state index in [2.05, 4.69) is 4.98 Å². The Labute approximate surface area is 145 Å². The summed E-state index contributed by atoms with van der Waals surface area (Å²) in [5, 5.41) is 0.750. The summed E-state index contributed by atoms with van der Waals surface area (Å²) in [5.41, 5.74) is 1.82. The van der Waals surface area contributed by atoms with E-state index in [4.69, 9.17) is 4.74 Å². The minimum Gasteiger partial charge on any atom is -0.497 e. The second-order valence-corrected chi connectivity index (χ2v) is 5.76. The molecule has 3 rings (SSSR count). The van der Waals surface area contributed by atoms with Crippen LogP contribution in [0.1, 0.15) is 22.8 Å². The Morgan fingerprint density at radius 1 is 1.12 bits per heavy atom. The van der Waals surface area contributed by atoms with Crippen LogP contribution in [0.25, 0.3) is 10.9 Å². The molecule has 5 heteroatoms. The van der Waals surface area contributed by atoms with E-state index in [-0.39, 0.29) is 11.5 Å². The van der Waals surface area contributed by atoms with E-state index in [1.54, 1.807) is 18.1 Å². The van der Waals surface area contributed by atoms with Crippen molar-refractivity contribution in [2.75, 3.05) is 13.7 Å². The average molecular weight is 336 g/mol. The molecule has 0 radical (unpaired) electrons. The van der Waals surface area contributed by atoms with Crippen molar-refractivity contribution in [3.8, 4) is 5.75 Å². The summed E-state index contributed by atoms with van der Waals surface area (Å²) < 4.78 is 5.16. The summed E-state index contributed by atoms with van der Waals surface area (Å²) in [5.74, 6) is 0.624. The molecule has 1 aromatic heterocycles. The highest BCUT2D eigenvalue weighted by Crippen LogP contribution is 2.19. The van der Waals surface area contributed by atoms with E-state index in [0.717, 1.165) is 16.7 Å². The van der Waals surface area contributed by atoms with E-state index in [1.807, 2.05) is 49.4 Å². The van der Waals surface area contributed by atoms with Crippen molar-refractivity contribution < 1.29 is 9.53 Å². The number of amides is 1. The zero-order valence-corrected chi connectivity index (χ0v) is 14.3. The number of hydrogen-bond acceptors (Lipinski definition) is 3. The summed E-state index contributed by atoms with van der Waals surface area (Å²) in [7, 11) is 1.62. The maximum absolute atomic E-state index is 13.0. The van der Waals surface area contributed by atoms with E-state index in [9.17, 15) is 9.59 Å². The first-order valence-electron chi connectivity index (χ1n) is 8.16. The van der Waals surface area contributed by atoms with Crippen molar-refractivity contribution in [1.82, 2.24) is 9.88 Å². The van der Waals surface area contributed by atoms with Gasteiger partial charge in [-0.15, -0.1) is 0 Å². The number of carbonyl (C=O) groups is 1. The lowest BCUT2D eigenvalue weighted by Crippen LogP contribution is -2.31. The van der Waals surface area contributed by atoms with Crippen LogP contribution in [0.3, 0.4) is 0 Å². The van der Waals surface area contributed by atoms with E-state index < -0.39 is 0 Å². The van der Waals surface area contributed by atoms with E-state index >= 15 is 0 Å². The van der Waals surface area contributed by atoms with Crippen LogP contribution in [0.5, 0.6) is 5.75 Å². The third-order valence-electron chi connectivity index (χ3n) is 4.18. The molecule has 0 saturated heterocycles. The van der Waals surface area contributed by atoms with Crippen molar-refractivity contribution in [3.05, 3.63) is 76.1 Å². The number of nitrogens with zero attached hydrogens (tertiary/aromatic N) is 1. The molecule has 1 heterocycles. The summed E-state index contributed by atoms with van der Waals surface area (Å²) >= 11 is 0. The molecular formula is C20H20N2O3. The predicted octanol–water partition coefficient (Wildman–Crippen LogP) is 3.20. The number of fused-ring (bicyclic) bond motifs is 1. The van der Waals surface area contributed by atoms with Crippen LogP contribution < -0.4 is 10.3 Å². The molecule has 3 aromatic rings. The molecule has 0 aliphatic heterocycles. The summed E-state index contributed by atoms with van der Waals surface area (Å²) in [4.78, 5) is 29.4. The highest BCUT2D eigenvalue weighted by molar-refractivity contribution is 6.05. The van der Waals surface area contributed by atoms with E-state index in [1.165, 1.54) is 6.07 Å². The second kappa shape index (κ2) is 7.21. The highest BCUT2D eigenvalue weighted by Gasteiger charge is 2.18. The molecule has 5 nitrogen and oxygen atoms in total. The van der Waals surface area contributed by atoms with Gasteiger partial charge in [0.15, 0.2) is 0 Å². The summed E-state index contributed by atoms with van der Waals surface area (Å²) in [6.07, 6.45) is 0. The van der Waals surface area contributed by atoms with Gasteiger partial charge in [-0.25, -0.2) is 0 Å². The Kier molecular flexibility index (Phi) is 4.84. The monoisotopic (exact) mass is 336 g/mol. The van der Waals surface area contributed by atoms with Crippen LogP contribution in [-0.2, 0) is 6.54 Å². The van der Waals surface area contributed by atoms with Gasteiger partial charge in [-0.1, -0.05) is 30.3 Å². The number of hydrogen-bond donors (Lipinski definition) is 1. The molecule has 0 spiro atoms. The van der Waals surface area contributed by atoms with Gasteiger partial charge in [-0.05, 0) is 30.7 Å². The van der Waals surface area contributed by atoms with Crippen LogP contribution in [0.2, 0.25) is 0 Å². The molecule has 0 saturated carbocycles. The minimum absolute atomic E-state index is 0.152. The lowest BCUT2D eigenvalue weighted by atomic mass is 10.1. The minimum atomic E-state index is -0.275. The summed E-state index contributed by atoms with van der Waals surface area (Å²) in [6, 6.07) is 16.3. The Morgan fingerprint density at radius 2 is 1.84 bits per heavy atom. The number of H-pyrrole nitrogens is 1. The molecule has 0 atom stereocenters. The Hall–Kier alpha value is -3.08. The number of aromatic amines is 1. The van der Waals surface area contributed by atoms with Crippen molar-refractivity contribution >= 4 is 16.8 Å². The van der Waals surface area contributed by atoms with Crippen molar-refractivity contribution in [3.63, 3.8) is 0 Å².